The number of nitriles is 1. The van der Waals surface area contributed by atoms with Gasteiger partial charge in [0.2, 0.25) is 0 Å². The van der Waals surface area contributed by atoms with Crippen molar-refractivity contribution in [2.45, 2.75) is 26.2 Å². The van der Waals surface area contributed by atoms with E-state index in [4.69, 9.17) is 5.26 Å². The molecule has 0 fully saturated rings. The fraction of sp³-hybridized carbons (Fsp3) is 0.312. The molecular weight excluding hydrogens is 250 g/mol. The summed E-state index contributed by atoms with van der Waals surface area (Å²) in [5, 5.41) is 13.3. The molecule has 1 atom stereocenters. The Morgan fingerprint density at radius 1 is 1.35 bits per heavy atom. The van der Waals surface area contributed by atoms with Crippen LogP contribution in [0.3, 0.4) is 0 Å². The van der Waals surface area contributed by atoms with E-state index >= 15 is 0 Å². The lowest BCUT2D eigenvalue weighted by molar-refractivity contribution is 0.710. The van der Waals surface area contributed by atoms with Gasteiger partial charge in [-0.05, 0) is 17.9 Å². The van der Waals surface area contributed by atoms with Gasteiger partial charge in [0.25, 0.3) is 5.56 Å². The highest BCUT2D eigenvalue weighted by molar-refractivity contribution is 5.66. The molecule has 0 aliphatic rings. The summed E-state index contributed by atoms with van der Waals surface area (Å²) < 4.78 is 1.25. The Kier molecular flexibility index (Phi) is 3.99. The zero-order chi connectivity index (χ0) is 14.7. The second-order valence-corrected chi connectivity index (χ2v) is 4.91. The number of aryl methyl sites for hydroxylation is 1. The van der Waals surface area contributed by atoms with Crippen molar-refractivity contribution in [1.29, 1.82) is 5.26 Å². The molecule has 0 aliphatic carbocycles. The summed E-state index contributed by atoms with van der Waals surface area (Å²) in [6, 6.07) is 11.4. The largest absolute Gasteiger partial charge is 0.268 e. The first kappa shape index (κ1) is 14.0. The van der Waals surface area contributed by atoms with E-state index in [1.165, 1.54) is 16.3 Å². The van der Waals surface area contributed by atoms with Crippen molar-refractivity contribution in [1.82, 2.24) is 9.78 Å². The van der Waals surface area contributed by atoms with Crippen LogP contribution in [0.1, 0.15) is 37.3 Å². The van der Waals surface area contributed by atoms with Crippen molar-refractivity contribution < 1.29 is 0 Å². The molecule has 1 aromatic heterocycles. The van der Waals surface area contributed by atoms with Crippen LogP contribution in [0.4, 0.5) is 0 Å². The molecule has 0 amide bonds. The second kappa shape index (κ2) is 5.70. The Balaban J connectivity index is 2.50. The van der Waals surface area contributed by atoms with Crippen molar-refractivity contribution in [3.63, 3.8) is 0 Å². The van der Waals surface area contributed by atoms with Gasteiger partial charge in [-0.1, -0.05) is 38.1 Å². The third-order valence-corrected chi connectivity index (χ3v) is 3.58. The molecule has 0 aliphatic heterocycles. The van der Waals surface area contributed by atoms with Crippen LogP contribution in [0.25, 0.3) is 11.3 Å². The van der Waals surface area contributed by atoms with Crippen molar-refractivity contribution >= 4 is 0 Å². The Hall–Kier alpha value is -2.41. The molecular formula is C16H17N3O. The highest BCUT2D eigenvalue weighted by Gasteiger charge is 2.10. The van der Waals surface area contributed by atoms with Gasteiger partial charge in [0.1, 0.15) is 11.8 Å². The summed E-state index contributed by atoms with van der Waals surface area (Å²) in [5.74, 6) is 0.507. The number of benzene rings is 1. The Morgan fingerprint density at radius 3 is 2.55 bits per heavy atom. The molecule has 2 rings (SSSR count). The number of aromatic nitrogens is 2. The molecule has 0 spiro atoms. The van der Waals surface area contributed by atoms with Gasteiger partial charge in [-0.15, -0.1) is 0 Å². The molecule has 2 aromatic rings. The van der Waals surface area contributed by atoms with Crippen molar-refractivity contribution in [2.75, 3.05) is 0 Å². The number of hydrogen-bond donors (Lipinski definition) is 0. The smallest absolute Gasteiger partial charge is 0.267 e. The van der Waals surface area contributed by atoms with E-state index in [1.54, 1.807) is 7.05 Å². The van der Waals surface area contributed by atoms with Crippen LogP contribution >= 0.6 is 0 Å². The molecule has 4 heteroatoms. The van der Waals surface area contributed by atoms with Crippen LogP contribution in [0, 0.1) is 11.3 Å². The molecule has 4 nitrogen and oxygen atoms in total. The third-order valence-electron chi connectivity index (χ3n) is 3.58. The van der Waals surface area contributed by atoms with Gasteiger partial charge in [0.15, 0.2) is 0 Å². The Morgan fingerprint density at radius 2 is 2.00 bits per heavy atom. The highest BCUT2D eigenvalue weighted by Crippen LogP contribution is 2.24. The molecule has 0 saturated heterocycles. The zero-order valence-corrected chi connectivity index (χ0v) is 11.9. The van der Waals surface area contributed by atoms with Gasteiger partial charge in [0.05, 0.1) is 5.56 Å². The first-order chi connectivity index (χ1) is 9.56. The van der Waals surface area contributed by atoms with Crippen LogP contribution < -0.4 is 5.56 Å². The highest BCUT2D eigenvalue weighted by atomic mass is 16.1. The molecule has 20 heavy (non-hydrogen) atoms. The van der Waals surface area contributed by atoms with E-state index < -0.39 is 0 Å². The third kappa shape index (κ3) is 2.62. The number of rotatable bonds is 3. The summed E-state index contributed by atoms with van der Waals surface area (Å²) in [7, 11) is 1.58. The van der Waals surface area contributed by atoms with Gasteiger partial charge in [0, 0.05) is 18.7 Å². The van der Waals surface area contributed by atoms with Crippen molar-refractivity contribution in [3.05, 3.63) is 51.8 Å². The maximum absolute atomic E-state index is 11.5. The molecule has 0 bridgehead atoms. The summed E-state index contributed by atoms with van der Waals surface area (Å²) in [6.45, 7) is 4.33. The maximum atomic E-state index is 11.5. The number of hydrogen-bond acceptors (Lipinski definition) is 3. The lowest BCUT2D eigenvalue weighted by Crippen LogP contribution is -2.20. The summed E-state index contributed by atoms with van der Waals surface area (Å²) in [5.41, 5.74) is 2.69. The van der Waals surface area contributed by atoms with Crippen LogP contribution in [-0.2, 0) is 7.05 Å². The Labute approximate surface area is 118 Å². The van der Waals surface area contributed by atoms with E-state index in [0.29, 0.717) is 17.2 Å². The van der Waals surface area contributed by atoms with Gasteiger partial charge < -0.3 is 0 Å². The van der Waals surface area contributed by atoms with Crippen molar-refractivity contribution in [2.24, 2.45) is 7.05 Å². The van der Waals surface area contributed by atoms with Gasteiger partial charge in [-0.3, -0.25) is 4.79 Å². The summed E-state index contributed by atoms with van der Waals surface area (Å²) in [6.07, 6.45) is 1.08. The van der Waals surface area contributed by atoms with E-state index in [2.05, 4.69) is 31.1 Å². The van der Waals surface area contributed by atoms with Gasteiger partial charge >= 0.3 is 0 Å². The Bertz CT molecular complexity index is 708. The van der Waals surface area contributed by atoms with Gasteiger partial charge in [-0.25, -0.2) is 4.68 Å². The van der Waals surface area contributed by atoms with E-state index in [0.717, 1.165) is 12.0 Å². The monoisotopic (exact) mass is 267 g/mol. The lowest BCUT2D eigenvalue weighted by atomic mass is 9.96. The molecule has 0 N–H and O–H groups in total. The zero-order valence-electron chi connectivity index (χ0n) is 11.9. The average Bonchev–Trinajstić information content (AvgIpc) is 2.49. The minimum atomic E-state index is -0.276. The first-order valence-electron chi connectivity index (χ1n) is 6.65. The SMILES string of the molecule is CCC(C)c1ccc(-c2nn(C)c(=O)cc2C#N)cc1. The predicted molar refractivity (Wildman–Crippen MR) is 78.3 cm³/mol. The summed E-state index contributed by atoms with van der Waals surface area (Å²) in [4.78, 5) is 11.5. The standard InChI is InChI=1S/C16H17N3O/c1-4-11(2)12-5-7-13(8-6-12)16-14(10-17)9-15(20)19(3)18-16/h5-9,11H,4H2,1-3H3. The normalized spacial score (nSPS) is 11.9. The van der Waals surface area contributed by atoms with Crippen LogP contribution in [-0.4, -0.2) is 9.78 Å². The molecule has 1 aromatic carbocycles. The minimum Gasteiger partial charge on any atom is -0.268 e. The van der Waals surface area contributed by atoms with Crippen LogP contribution in [0.2, 0.25) is 0 Å². The van der Waals surface area contributed by atoms with E-state index in [1.807, 2.05) is 18.2 Å². The maximum Gasteiger partial charge on any atom is 0.267 e. The minimum absolute atomic E-state index is 0.276. The number of nitrogens with zero attached hydrogens (tertiary/aromatic N) is 3. The fourth-order valence-corrected chi connectivity index (χ4v) is 2.04. The summed E-state index contributed by atoms with van der Waals surface area (Å²) >= 11 is 0. The molecule has 102 valence electrons. The average molecular weight is 267 g/mol. The van der Waals surface area contributed by atoms with E-state index in [9.17, 15) is 4.79 Å². The lowest BCUT2D eigenvalue weighted by Gasteiger charge is -2.10. The van der Waals surface area contributed by atoms with E-state index in [-0.39, 0.29) is 5.56 Å². The molecule has 1 unspecified atom stereocenters. The molecule has 1 heterocycles. The van der Waals surface area contributed by atoms with Gasteiger partial charge in [-0.2, -0.15) is 10.4 Å². The topological polar surface area (TPSA) is 58.7 Å². The fourth-order valence-electron chi connectivity index (χ4n) is 2.04. The van der Waals surface area contributed by atoms with Crippen LogP contribution in [0.15, 0.2) is 35.1 Å². The predicted octanol–water partition coefficient (Wildman–Crippen LogP) is 2.83. The first-order valence-corrected chi connectivity index (χ1v) is 6.65. The molecule has 0 saturated carbocycles. The van der Waals surface area contributed by atoms with Crippen LogP contribution in [0.5, 0.6) is 0 Å². The van der Waals surface area contributed by atoms with Crippen molar-refractivity contribution in [3.8, 4) is 17.3 Å². The second-order valence-electron chi connectivity index (χ2n) is 4.91. The molecule has 0 radical (unpaired) electrons. The quantitative estimate of drug-likeness (QED) is 0.859.